The quantitative estimate of drug-likeness (QED) is 0.767. The Kier molecular flexibility index (Phi) is 6.73. The maximum atomic E-state index is 13.6. The number of benzene rings is 2. The van der Waals surface area contributed by atoms with Crippen LogP contribution in [0.5, 0.6) is 5.75 Å². The van der Waals surface area contributed by atoms with Gasteiger partial charge in [-0.05, 0) is 68.6 Å². The van der Waals surface area contributed by atoms with Gasteiger partial charge in [0.25, 0.3) is 0 Å². The van der Waals surface area contributed by atoms with Crippen LogP contribution in [0.2, 0.25) is 0 Å². The third-order valence-corrected chi connectivity index (χ3v) is 4.26. The van der Waals surface area contributed by atoms with E-state index in [-0.39, 0.29) is 11.9 Å². The smallest absolute Gasteiger partial charge is 0.170 e. The Morgan fingerprint density at radius 1 is 1.20 bits per heavy atom. The number of aryl methyl sites for hydroxylation is 1. The van der Waals surface area contributed by atoms with Gasteiger partial charge in [0.1, 0.15) is 11.6 Å². The summed E-state index contributed by atoms with van der Waals surface area (Å²) >= 11 is 5.32. The number of hydrogen-bond acceptors (Lipinski definition) is 3. The van der Waals surface area contributed by atoms with Crippen LogP contribution in [0.4, 0.5) is 10.1 Å². The molecule has 2 aromatic rings. The first-order valence-corrected chi connectivity index (χ1v) is 8.43. The maximum absolute atomic E-state index is 13.6. The maximum Gasteiger partial charge on any atom is 0.170 e. The number of thiocarbonyl (C=S) groups is 1. The molecule has 0 bridgehead atoms. The second-order valence-electron chi connectivity index (χ2n) is 6.05. The van der Waals surface area contributed by atoms with Crippen molar-refractivity contribution in [1.82, 2.24) is 10.2 Å². The van der Waals surface area contributed by atoms with Gasteiger partial charge in [-0.15, -0.1) is 0 Å². The summed E-state index contributed by atoms with van der Waals surface area (Å²) in [7, 11) is 5.68. The van der Waals surface area contributed by atoms with Gasteiger partial charge in [0, 0.05) is 12.2 Å². The van der Waals surface area contributed by atoms with Crippen LogP contribution in [0.1, 0.15) is 17.2 Å². The minimum atomic E-state index is -0.253. The molecule has 0 saturated heterocycles. The van der Waals surface area contributed by atoms with E-state index in [1.54, 1.807) is 26.2 Å². The van der Waals surface area contributed by atoms with E-state index in [1.807, 2.05) is 38.4 Å². The second-order valence-corrected chi connectivity index (χ2v) is 6.46. The van der Waals surface area contributed by atoms with Crippen molar-refractivity contribution in [2.24, 2.45) is 0 Å². The molecular formula is C19H24FN3OS. The molecule has 2 aromatic carbocycles. The summed E-state index contributed by atoms with van der Waals surface area (Å²) in [6.07, 6.45) is 0. The molecule has 2 rings (SSSR count). The summed E-state index contributed by atoms with van der Waals surface area (Å²) in [5.41, 5.74) is 2.39. The average molecular weight is 361 g/mol. The van der Waals surface area contributed by atoms with Crippen molar-refractivity contribution in [3.63, 3.8) is 0 Å². The number of methoxy groups -OCH3 is 1. The molecule has 2 N–H and O–H groups in total. The fraction of sp³-hybridized carbons (Fsp3) is 0.316. The lowest BCUT2D eigenvalue weighted by Gasteiger charge is -2.26. The predicted octanol–water partition coefficient (Wildman–Crippen LogP) is 3.73. The van der Waals surface area contributed by atoms with Gasteiger partial charge >= 0.3 is 0 Å². The van der Waals surface area contributed by atoms with Crippen molar-refractivity contribution in [1.29, 1.82) is 0 Å². The molecule has 0 saturated carbocycles. The van der Waals surface area contributed by atoms with E-state index in [0.717, 1.165) is 11.3 Å². The first-order valence-electron chi connectivity index (χ1n) is 8.02. The van der Waals surface area contributed by atoms with Gasteiger partial charge in [0.2, 0.25) is 0 Å². The molecule has 134 valence electrons. The van der Waals surface area contributed by atoms with Gasteiger partial charge in [-0.1, -0.05) is 18.2 Å². The molecule has 0 unspecified atom stereocenters. The molecule has 0 aliphatic heterocycles. The number of ether oxygens (including phenoxy) is 1. The third-order valence-electron chi connectivity index (χ3n) is 4.01. The zero-order chi connectivity index (χ0) is 18.4. The SMILES string of the molecule is COc1ccc([C@H](CNC(=S)Nc2ccc(C)c(F)c2)N(C)C)cc1. The summed E-state index contributed by atoms with van der Waals surface area (Å²) < 4.78 is 18.8. The summed E-state index contributed by atoms with van der Waals surface area (Å²) in [6, 6.07) is 13.1. The number of nitrogens with zero attached hydrogens (tertiary/aromatic N) is 1. The van der Waals surface area contributed by atoms with E-state index in [1.165, 1.54) is 6.07 Å². The molecule has 0 amide bonds. The van der Waals surface area contributed by atoms with Crippen LogP contribution >= 0.6 is 12.2 Å². The highest BCUT2D eigenvalue weighted by Crippen LogP contribution is 2.21. The monoisotopic (exact) mass is 361 g/mol. The highest BCUT2D eigenvalue weighted by Gasteiger charge is 2.14. The minimum absolute atomic E-state index is 0.139. The Hall–Kier alpha value is -2.18. The van der Waals surface area contributed by atoms with Crippen LogP contribution < -0.4 is 15.4 Å². The minimum Gasteiger partial charge on any atom is -0.497 e. The highest BCUT2D eigenvalue weighted by molar-refractivity contribution is 7.80. The average Bonchev–Trinajstić information content (AvgIpc) is 2.58. The summed E-state index contributed by atoms with van der Waals surface area (Å²) in [4.78, 5) is 2.11. The zero-order valence-electron chi connectivity index (χ0n) is 15.0. The normalized spacial score (nSPS) is 11.9. The zero-order valence-corrected chi connectivity index (χ0v) is 15.8. The largest absolute Gasteiger partial charge is 0.497 e. The molecule has 1 atom stereocenters. The molecule has 4 nitrogen and oxygen atoms in total. The molecule has 0 fully saturated rings. The van der Waals surface area contributed by atoms with E-state index >= 15 is 0 Å². The summed E-state index contributed by atoms with van der Waals surface area (Å²) in [5, 5.41) is 6.68. The highest BCUT2D eigenvalue weighted by atomic mass is 32.1. The van der Waals surface area contributed by atoms with Crippen LogP contribution in [-0.4, -0.2) is 37.8 Å². The molecule has 0 heterocycles. The first kappa shape index (κ1) is 19.1. The Bertz CT molecular complexity index is 719. The van der Waals surface area contributed by atoms with Gasteiger partial charge in [-0.25, -0.2) is 4.39 Å². The molecule has 0 radical (unpaired) electrons. The van der Waals surface area contributed by atoms with Crippen LogP contribution in [0.15, 0.2) is 42.5 Å². The van der Waals surface area contributed by atoms with Crippen molar-refractivity contribution < 1.29 is 9.13 Å². The van der Waals surface area contributed by atoms with Gasteiger partial charge < -0.3 is 20.3 Å². The van der Waals surface area contributed by atoms with Gasteiger partial charge in [-0.2, -0.15) is 0 Å². The van der Waals surface area contributed by atoms with E-state index < -0.39 is 0 Å². The standard InChI is InChI=1S/C19H24FN3OS/c1-13-5-8-15(11-17(13)20)22-19(25)21-12-18(23(2)3)14-6-9-16(24-4)10-7-14/h5-11,18H,12H2,1-4H3,(H2,21,22,25)/t18-/m0/s1. The van der Waals surface area contributed by atoms with Crippen LogP contribution in [0, 0.1) is 12.7 Å². The molecule has 0 aromatic heterocycles. The third kappa shape index (κ3) is 5.41. The Morgan fingerprint density at radius 3 is 2.44 bits per heavy atom. The Morgan fingerprint density at radius 2 is 1.88 bits per heavy atom. The molecule has 0 aliphatic rings. The van der Waals surface area contributed by atoms with Crippen molar-refractivity contribution in [3.05, 3.63) is 59.4 Å². The number of likely N-dealkylation sites (N-methyl/N-ethyl adjacent to an activating group) is 1. The molecule has 25 heavy (non-hydrogen) atoms. The fourth-order valence-corrected chi connectivity index (χ4v) is 2.66. The van der Waals surface area contributed by atoms with Gasteiger partial charge in [0.05, 0.1) is 13.2 Å². The number of nitrogens with one attached hydrogen (secondary N) is 2. The van der Waals surface area contributed by atoms with E-state index in [9.17, 15) is 4.39 Å². The number of hydrogen-bond donors (Lipinski definition) is 2. The molecule has 6 heteroatoms. The number of anilines is 1. The lowest BCUT2D eigenvalue weighted by atomic mass is 10.1. The fourth-order valence-electron chi connectivity index (χ4n) is 2.46. The molecule has 0 spiro atoms. The van der Waals surface area contributed by atoms with Crippen molar-refractivity contribution >= 4 is 23.0 Å². The first-order chi connectivity index (χ1) is 11.9. The molecular weight excluding hydrogens is 337 g/mol. The van der Waals surface area contributed by atoms with E-state index in [2.05, 4.69) is 15.5 Å². The Labute approximate surface area is 154 Å². The van der Waals surface area contributed by atoms with E-state index in [4.69, 9.17) is 17.0 Å². The van der Waals surface area contributed by atoms with Crippen LogP contribution in [-0.2, 0) is 0 Å². The van der Waals surface area contributed by atoms with Crippen molar-refractivity contribution in [2.75, 3.05) is 33.1 Å². The second kappa shape index (κ2) is 8.78. The predicted molar refractivity (Wildman–Crippen MR) is 105 cm³/mol. The summed E-state index contributed by atoms with van der Waals surface area (Å²) in [5.74, 6) is 0.574. The molecule has 0 aliphatic carbocycles. The van der Waals surface area contributed by atoms with Crippen LogP contribution in [0.3, 0.4) is 0 Å². The van der Waals surface area contributed by atoms with Gasteiger partial charge in [0.15, 0.2) is 5.11 Å². The van der Waals surface area contributed by atoms with Crippen molar-refractivity contribution in [3.8, 4) is 5.75 Å². The topological polar surface area (TPSA) is 36.5 Å². The van der Waals surface area contributed by atoms with Crippen LogP contribution in [0.25, 0.3) is 0 Å². The lowest BCUT2D eigenvalue weighted by Crippen LogP contribution is -2.36. The van der Waals surface area contributed by atoms with Crippen molar-refractivity contribution in [2.45, 2.75) is 13.0 Å². The van der Waals surface area contributed by atoms with Gasteiger partial charge in [-0.3, -0.25) is 0 Å². The Balaban J connectivity index is 1.97. The number of rotatable bonds is 6. The number of halogens is 1. The summed E-state index contributed by atoms with van der Waals surface area (Å²) in [6.45, 7) is 2.35. The lowest BCUT2D eigenvalue weighted by molar-refractivity contribution is 0.299. The van der Waals surface area contributed by atoms with E-state index in [0.29, 0.717) is 22.9 Å².